The number of ether oxygens (including phenoxy) is 1. The minimum absolute atomic E-state index is 0.0552. The average Bonchev–Trinajstić information content (AvgIpc) is 3.19. The van der Waals surface area contributed by atoms with Crippen molar-refractivity contribution in [1.82, 2.24) is 4.90 Å². The fourth-order valence-corrected chi connectivity index (χ4v) is 1.97. The van der Waals surface area contributed by atoms with Crippen molar-refractivity contribution >= 4 is 5.91 Å². The van der Waals surface area contributed by atoms with Gasteiger partial charge in [-0.1, -0.05) is 6.07 Å². The molecule has 1 aromatic carbocycles. The molecule has 1 aliphatic carbocycles. The Hall–Kier alpha value is -1.62. The van der Waals surface area contributed by atoms with E-state index in [2.05, 4.69) is 0 Å². The van der Waals surface area contributed by atoms with Crippen molar-refractivity contribution in [3.05, 3.63) is 29.6 Å². The number of aliphatic hydroxyl groups excluding tert-OH is 1. The largest absolute Gasteiger partial charge is 0.496 e. The Morgan fingerprint density at radius 3 is 2.83 bits per heavy atom. The van der Waals surface area contributed by atoms with E-state index in [9.17, 15) is 9.18 Å². The van der Waals surface area contributed by atoms with Crippen molar-refractivity contribution in [1.29, 1.82) is 0 Å². The van der Waals surface area contributed by atoms with E-state index < -0.39 is 11.7 Å². The Labute approximate surface area is 105 Å². The number of amides is 1. The monoisotopic (exact) mass is 253 g/mol. The fourth-order valence-electron chi connectivity index (χ4n) is 1.97. The molecule has 98 valence electrons. The van der Waals surface area contributed by atoms with Gasteiger partial charge in [0.15, 0.2) is 0 Å². The molecule has 1 aromatic rings. The number of benzene rings is 1. The molecule has 0 spiro atoms. The Balaban J connectivity index is 2.31. The summed E-state index contributed by atoms with van der Waals surface area (Å²) in [6.07, 6.45) is 1.81. The van der Waals surface area contributed by atoms with E-state index in [1.807, 2.05) is 0 Å². The van der Waals surface area contributed by atoms with Gasteiger partial charge in [-0.25, -0.2) is 4.39 Å². The maximum absolute atomic E-state index is 13.8. The summed E-state index contributed by atoms with van der Waals surface area (Å²) in [6.45, 7) is 0.0972. The van der Waals surface area contributed by atoms with Crippen LogP contribution in [0.2, 0.25) is 0 Å². The first-order valence-corrected chi connectivity index (χ1v) is 5.93. The molecule has 18 heavy (non-hydrogen) atoms. The molecular formula is C13H16FNO3. The maximum Gasteiger partial charge on any atom is 0.260 e. The van der Waals surface area contributed by atoms with Crippen LogP contribution in [0.4, 0.5) is 4.39 Å². The molecular weight excluding hydrogens is 237 g/mol. The van der Waals surface area contributed by atoms with Gasteiger partial charge >= 0.3 is 0 Å². The molecule has 0 aromatic heterocycles. The van der Waals surface area contributed by atoms with Crippen LogP contribution in [0.5, 0.6) is 5.75 Å². The number of rotatable bonds is 5. The first-order valence-electron chi connectivity index (χ1n) is 5.93. The lowest BCUT2D eigenvalue weighted by Crippen LogP contribution is -2.36. The van der Waals surface area contributed by atoms with Gasteiger partial charge in [-0.3, -0.25) is 4.79 Å². The molecule has 1 amide bonds. The number of carbonyl (C=O) groups is 1. The second kappa shape index (κ2) is 5.35. The van der Waals surface area contributed by atoms with Crippen LogP contribution >= 0.6 is 0 Å². The topological polar surface area (TPSA) is 49.8 Å². The molecule has 0 heterocycles. The van der Waals surface area contributed by atoms with Crippen molar-refractivity contribution < 1.29 is 19.0 Å². The zero-order chi connectivity index (χ0) is 13.1. The summed E-state index contributed by atoms with van der Waals surface area (Å²) in [4.78, 5) is 13.8. The molecule has 0 atom stereocenters. The fraction of sp³-hybridized carbons (Fsp3) is 0.462. The third-order valence-electron chi connectivity index (χ3n) is 3.00. The molecule has 1 N–H and O–H groups in total. The predicted octanol–water partition coefficient (Wildman–Crippen LogP) is 1.43. The summed E-state index contributed by atoms with van der Waals surface area (Å²) in [5, 5.41) is 8.99. The van der Waals surface area contributed by atoms with Gasteiger partial charge in [-0.05, 0) is 25.0 Å². The van der Waals surface area contributed by atoms with Gasteiger partial charge in [-0.15, -0.1) is 0 Å². The molecule has 0 aliphatic heterocycles. The number of hydrogen-bond acceptors (Lipinski definition) is 3. The third kappa shape index (κ3) is 2.46. The maximum atomic E-state index is 13.8. The molecule has 4 nitrogen and oxygen atoms in total. The van der Waals surface area contributed by atoms with Crippen LogP contribution in [0.15, 0.2) is 18.2 Å². The number of aliphatic hydroxyl groups is 1. The number of nitrogens with zero attached hydrogens (tertiary/aromatic N) is 1. The van der Waals surface area contributed by atoms with Crippen LogP contribution in [0.1, 0.15) is 23.2 Å². The molecule has 0 radical (unpaired) electrons. The van der Waals surface area contributed by atoms with Gasteiger partial charge < -0.3 is 14.7 Å². The van der Waals surface area contributed by atoms with Crippen molar-refractivity contribution in [2.45, 2.75) is 18.9 Å². The summed E-state index contributed by atoms with van der Waals surface area (Å²) < 4.78 is 18.8. The standard InChI is InChI=1S/C13H16FNO3/c1-18-11-4-2-3-10(14)12(11)13(17)15(7-8-16)9-5-6-9/h2-4,9,16H,5-8H2,1H3. The Morgan fingerprint density at radius 2 is 2.28 bits per heavy atom. The molecule has 0 saturated heterocycles. The van der Waals surface area contributed by atoms with E-state index in [1.165, 1.54) is 24.1 Å². The first-order chi connectivity index (χ1) is 8.69. The second-order valence-electron chi connectivity index (χ2n) is 4.27. The molecule has 0 unspecified atom stereocenters. The zero-order valence-corrected chi connectivity index (χ0v) is 10.2. The van der Waals surface area contributed by atoms with Gasteiger partial charge in [0.1, 0.15) is 17.1 Å². The van der Waals surface area contributed by atoms with E-state index >= 15 is 0 Å². The first kappa shape index (κ1) is 12.8. The van der Waals surface area contributed by atoms with Crippen molar-refractivity contribution in [2.24, 2.45) is 0 Å². The van der Waals surface area contributed by atoms with E-state index in [1.54, 1.807) is 6.07 Å². The summed E-state index contributed by atoms with van der Waals surface area (Å²) >= 11 is 0. The van der Waals surface area contributed by atoms with Crippen LogP contribution in [0, 0.1) is 5.82 Å². The number of methoxy groups -OCH3 is 1. The van der Waals surface area contributed by atoms with Crippen molar-refractivity contribution in [2.75, 3.05) is 20.3 Å². The number of halogens is 1. The van der Waals surface area contributed by atoms with E-state index in [0.717, 1.165) is 12.8 Å². The van der Waals surface area contributed by atoms with Crippen LogP contribution in [-0.2, 0) is 0 Å². The lowest BCUT2D eigenvalue weighted by molar-refractivity contribution is 0.0699. The molecule has 0 bridgehead atoms. The minimum atomic E-state index is -0.595. The Bertz CT molecular complexity index is 446. The minimum Gasteiger partial charge on any atom is -0.496 e. The van der Waals surface area contributed by atoms with Gasteiger partial charge in [0, 0.05) is 12.6 Å². The normalized spacial score (nSPS) is 14.4. The van der Waals surface area contributed by atoms with Crippen molar-refractivity contribution in [3.8, 4) is 5.75 Å². The Kier molecular flexibility index (Phi) is 3.81. The SMILES string of the molecule is COc1cccc(F)c1C(=O)N(CCO)C1CC1. The average molecular weight is 253 g/mol. The number of carbonyl (C=O) groups excluding carboxylic acids is 1. The quantitative estimate of drug-likeness (QED) is 0.863. The smallest absolute Gasteiger partial charge is 0.260 e. The zero-order valence-electron chi connectivity index (χ0n) is 10.2. The summed E-state index contributed by atoms with van der Waals surface area (Å²) in [5.41, 5.74) is -0.0552. The van der Waals surface area contributed by atoms with E-state index in [4.69, 9.17) is 9.84 Å². The highest BCUT2D eigenvalue weighted by molar-refractivity contribution is 5.97. The second-order valence-corrected chi connectivity index (χ2v) is 4.27. The highest BCUT2D eigenvalue weighted by atomic mass is 19.1. The Morgan fingerprint density at radius 1 is 1.56 bits per heavy atom. The summed E-state index contributed by atoms with van der Waals surface area (Å²) in [5.74, 6) is -0.784. The summed E-state index contributed by atoms with van der Waals surface area (Å²) in [7, 11) is 1.40. The summed E-state index contributed by atoms with van der Waals surface area (Å²) in [6, 6.07) is 4.41. The lowest BCUT2D eigenvalue weighted by atomic mass is 10.1. The van der Waals surface area contributed by atoms with Crippen LogP contribution in [0.25, 0.3) is 0 Å². The van der Waals surface area contributed by atoms with Crippen LogP contribution in [0.3, 0.4) is 0 Å². The molecule has 1 fully saturated rings. The van der Waals surface area contributed by atoms with Gasteiger partial charge in [0.05, 0.1) is 13.7 Å². The highest BCUT2D eigenvalue weighted by Crippen LogP contribution is 2.30. The number of hydrogen-bond donors (Lipinski definition) is 1. The predicted molar refractivity (Wildman–Crippen MR) is 64.1 cm³/mol. The third-order valence-corrected chi connectivity index (χ3v) is 3.00. The highest BCUT2D eigenvalue weighted by Gasteiger charge is 2.34. The van der Waals surface area contributed by atoms with Crippen LogP contribution < -0.4 is 4.74 Å². The lowest BCUT2D eigenvalue weighted by Gasteiger charge is -2.22. The van der Waals surface area contributed by atoms with E-state index in [-0.39, 0.29) is 30.5 Å². The van der Waals surface area contributed by atoms with Gasteiger partial charge in [0.2, 0.25) is 0 Å². The van der Waals surface area contributed by atoms with Crippen LogP contribution in [-0.4, -0.2) is 42.2 Å². The van der Waals surface area contributed by atoms with Gasteiger partial charge in [-0.2, -0.15) is 0 Å². The molecule has 5 heteroatoms. The van der Waals surface area contributed by atoms with Gasteiger partial charge in [0.25, 0.3) is 5.91 Å². The molecule has 1 saturated carbocycles. The molecule has 1 aliphatic rings. The molecule has 2 rings (SSSR count). The van der Waals surface area contributed by atoms with E-state index in [0.29, 0.717) is 0 Å². The van der Waals surface area contributed by atoms with Crippen molar-refractivity contribution in [3.63, 3.8) is 0 Å².